The minimum absolute atomic E-state index is 0.0322. The van der Waals surface area contributed by atoms with E-state index in [9.17, 15) is 0 Å². The second kappa shape index (κ2) is 4.57. The summed E-state index contributed by atoms with van der Waals surface area (Å²) >= 11 is 0. The molecule has 0 saturated heterocycles. The molecule has 0 amide bonds. The highest BCUT2D eigenvalue weighted by molar-refractivity contribution is 5.68. The predicted molar refractivity (Wildman–Crippen MR) is 73.8 cm³/mol. The van der Waals surface area contributed by atoms with Gasteiger partial charge in [-0.1, -0.05) is 20.8 Å². The minimum atomic E-state index is 0.0322. The van der Waals surface area contributed by atoms with Crippen molar-refractivity contribution in [2.24, 2.45) is 5.73 Å². The van der Waals surface area contributed by atoms with Gasteiger partial charge >= 0.3 is 0 Å². The Bertz CT molecular complexity index is 536. The monoisotopic (exact) mass is 247 g/mol. The molecule has 2 aromatic heterocycles. The van der Waals surface area contributed by atoms with E-state index in [2.05, 4.69) is 42.2 Å². The van der Waals surface area contributed by atoms with Crippen LogP contribution in [0.15, 0.2) is 18.5 Å². The molecule has 0 aliphatic carbocycles. The van der Waals surface area contributed by atoms with E-state index in [-0.39, 0.29) is 11.5 Å². The highest BCUT2D eigenvalue weighted by atomic mass is 15.2. The van der Waals surface area contributed by atoms with Crippen molar-refractivity contribution >= 4 is 11.3 Å². The maximum absolute atomic E-state index is 5.75. The summed E-state index contributed by atoms with van der Waals surface area (Å²) in [6, 6.07) is 2.17. The number of nitrogens with one attached hydrogen (secondary N) is 1. The first kappa shape index (κ1) is 12.8. The van der Waals surface area contributed by atoms with Crippen molar-refractivity contribution in [3.8, 4) is 0 Å². The molecule has 2 aromatic rings. The van der Waals surface area contributed by atoms with Crippen molar-refractivity contribution < 1.29 is 0 Å². The van der Waals surface area contributed by atoms with Gasteiger partial charge in [0, 0.05) is 30.4 Å². The Morgan fingerprint density at radius 2 is 2.17 bits per heavy atom. The first-order valence-electron chi connectivity index (χ1n) is 6.22. The quantitative estimate of drug-likeness (QED) is 0.867. The van der Waals surface area contributed by atoms with Gasteiger partial charge in [-0.3, -0.25) is 0 Å². The molecule has 0 bridgehead atoms. The van der Waals surface area contributed by atoms with E-state index < -0.39 is 0 Å². The Morgan fingerprint density at radius 1 is 1.44 bits per heavy atom. The summed E-state index contributed by atoms with van der Waals surface area (Å²) in [7, 11) is 0. The van der Waals surface area contributed by atoms with Crippen molar-refractivity contribution in [1.29, 1.82) is 0 Å². The van der Waals surface area contributed by atoms with E-state index in [1.54, 1.807) is 6.20 Å². The first-order valence-corrected chi connectivity index (χ1v) is 6.22. The average Bonchev–Trinajstić information content (AvgIpc) is 2.69. The standard InChI is InChI=1S/C13H21N5/c1-9(14)8-16-12-10-7-11(13(2,3)4)17-18(10)6-5-15-12/h5-7,9H,8,14H2,1-4H3,(H,15,16). The molecule has 3 N–H and O–H groups in total. The molecule has 0 aromatic carbocycles. The van der Waals surface area contributed by atoms with Gasteiger partial charge in [0.25, 0.3) is 0 Å². The Labute approximate surface area is 107 Å². The molecule has 1 atom stereocenters. The third-order valence-electron chi connectivity index (χ3n) is 2.75. The lowest BCUT2D eigenvalue weighted by atomic mass is 9.92. The highest BCUT2D eigenvalue weighted by Gasteiger charge is 2.18. The number of nitrogens with two attached hydrogens (primary N) is 1. The van der Waals surface area contributed by atoms with Crippen LogP contribution in [0.3, 0.4) is 0 Å². The number of hydrogen-bond donors (Lipinski definition) is 2. The number of fused-ring (bicyclic) bond motifs is 1. The molecule has 0 saturated carbocycles. The van der Waals surface area contributed by atoms with Gasteiger partial charge in [0.2, 0.25) is 0 Å². The van der Waals surface area contributed by atoms with Gasteiger partial charge < -0.3 is 11.1 Å². The van der Waals surface area contributed by atoms with Crippen LogP contribution in [0.5, 0.6) is 0 Å². The van der Waals surface area contributed by atoms with E-state index >= 15 is 0 Å². The van der Waals surface area contributed by atoms with Gasteiger partial charge in [-0.05, 0) is 13.0 Å². The second-order valence-electron chi connectivity index (χ2n) is 5.74. The third kappa shape index (κ3) is 2.61. The van der Waals surface area contributed by atoms with Crippen molar-refractivity contribution in [2.45, 2.75) is 39.2 Å². The fourth-order valence-electron chi connectivity index (χ4n) is 1.68. The molecule has 2 heterocycles. The Balaban J connectivity index is 2.39. The highest BCUT2D eigenvalue weighted by Crippen LogP contribution is 2.24. The van der Waals surface area contributed by atoms with Crippen LogP contribution >= 0.6 is 0 Å². The number of hydrogen-bond acceptors (Lipinski definition) is 4. The topological polar surface area (TPSA) is 68.2 Å². The maximum atomic E-state index is 5.75. The third-order valence-corrected chi connectivity index (χ3v) is 2.75. The van der Waals surface area contributed by atoms with Crippen LogP contribution in [0.25, 0.3) is 5.52 Å². The summed E-state index contributed by atoms with van der Waals surface area (Å²) in [5.74, 6) is 0.831. The summed E-state index contributed by atoms with van der Waals surface area (Å²) in [5.41, 5.74) is 7.82. The van der Waals surface area contributed by atoms with Crippen molar-refractivity contribution in [1.82, 2.24) is 14.6 Å². The summed E-state index contributed by atoms with van der Waals surface area (Å²) in [6.07, 6.45) is 3.61. The van der Waals surface area contributed by atoms with Crippen LogP contribution in [0.4, 0.5) is 5.82 Å². The largest absolute Gasteiger partial charge is 0.367 e. The van der Waals surface area contributed by atoms with Crippen LogP contribution in [0, 0.1) is 0 Å². The first-order chi connectivity index (χ1) is 8.38. The lowest BCUT2D eigenvalue weighted by Crippen LogP contribution is -2.25. The van der Waals surface area contributed by atoms with E-state index in [1.807, 2.05) is 17.6 Å². The van der Waals surface area contributed by atoms with Gasteiger partial charge in [-0.25, -0.2) is 9.50 Å². The summed E-state index contributed by atoms with van der Waals surface area (Å²) in [6.45, 7) is 9.11. The van der Waals surface area contributed by atoms with Crippen molar-refractivity contribution in [2.75, 3.05) is 11.9 Å². The van der Waals surface area contributed by atoms with Crippen molar-refractivity contribution in [3.05, 3.63) is 24.2 Å². The number of aromatic nitrogens is 3. The van der Waals surface area contributed by atoms with Crippen LogP contribution in [-0.4, -0.2) is 27.2 Å². The molecule has 0 aliphatic heterocycles. The Hall–Kier alpha value is -1.62. The molecule has 0 aliphatic rings. The van der Waals surface area contributed by atoms with Crippen LogP contribution in [0.2, 0.25) is 0 Å². The molecule has 1 unspecified atom stereocenters. The van der Waals surface area contributed by atoms with Gasteiger partial charge in [0.15, 0.2) is 5.82 Å². The fourth-order valence-corrected chi connectivity index (χ4v) is 1.68. The van der Waals surface area contributed by atoms with Crippen LogP contribution in [0.1, 0.15) is 33.4 Å². The molecule has 98 valence electrons. The zero-order chi connectivity index (χ0) is 13.3. The molecular weight excluding hydrogens is 226 g/mol. The second-order valence-corrected chi connectivity index (χ2v) is 5.74. The minimum Gasteiger partial charge on any atom is -0.367 e. The normalized spacial score (nSPS) is 13.8. The average molecular weight is 247 g/mol. The van der Waals surface area contributed by atoms with Gasteiger partial charge in [-0.15, -0.1) is 0 Å². The number of nitrogens with zero attached hydrogens (tertiary/aromatic N) is 3. The van der Waals surface area contributed by atoms with E-state index in [1.165, 1.54) is 0 Å². The van der Waals surface area contributed by atoms with Crippen LogP contribution < -0.4 is 11.1 Å². The van der Waals surface area contributed by atoms with Gasteiger partial charge in [0.05, 0.1) is 5.69 Å². The SMILES string of the molecule is CC(N)CNc1nccn2nc(C(C)(C)C)cc12. The zero-order valence-corrected chi connectivity index (χ0v) is 11.4. The molecular formula is C13H21N5. The predicted octanol–water partition coefficient (Wildman–Crippen LogP) is 1.79. The molecule has 18 heavy (non-hydrogen) atoms. The van der Waals surface area contributed by atoms with Crippen molar-refractivity contribution in [3.63, 3.8) is 0 Å². The number of anilines is 1. The molecule has 2 rings (SSSR count). The molecule has 5 heteroatoms. The summed E-state index contributed by atoms with van der Waals surface area (Å²) in [4.78, 5) is 4.35. The number of rotatable bonds is 3. The Kier molecular flexibility index (Phi) is 3.26. The summed E-state index contributed by atoms with van der Waals surface area (Å²) < 4.78 is 1.86. The molecule has 5 nitrogen and oxygen atoms in total. The van der Waals surface area contributed by atoms with Gasteiger partial charge in [0.1, 0.15) is 5.52 Å². The maximum Gasteiger partial charge on any atom is 0.152 e. The lowest BCUT2D eigenvalue weighted by molar-refractivity contribution is 0.562. The zero-order valence-electron chi connectivity index (χ0n) is 11.4. The molecule has 0 spiro atoms. The smallest absolute Gasteiger partial charge is 0.152 e. The Morgan fingerprint density at radius 3 is 2.78 bits per heavy atom. The summed E-state index contributed by atoms with van der Waals surface area (Å²) in [5, 5.41) is 7.83. The fraction of sp³-hybridized carbons (Fsp3) is 0.538. The molecule has 0 radical (unpaired) electrons. The van der Waals surface area contributed by atoms with E-state index in [0.29, 0.717) is 6.54 Å². The molecule has 0 fully saturated rings. The van der Waals surface area contributed by atoms with E-state index in [4.69, 9.17) is 5.73 Å². The van der Waals surface area contributed by atoms with Gasteiger partial charge in [-0.2, -0.15) is 5.10 Å². The lowest BCUT2D eigenvalue weighted by Gasteiger charge is -2.13. The van der Waals surface area contributed by atoms with Crippen LogP contribution in [-0.2, 0) is 5.41 Å². The van der Waals surface area contributed by atoms with E-state index in [0.717, 1.165) is 17.0 Å².